The minimum absolute atomic E-state index is 0.806. The molecule has 0 spiro atoms. The molecule has 0 bridgehead atoms. The van der Waals surface area contributed by atoms with Crippen LogP contribution in [0.15, 0.2) is 12.4 Å². The van der Waals surface area contributed by atoms with Crippen LogP contribution >= 0.6 is 0 Å². The Balaban J connectivity index is 1.99. The van der Waals surface area contributed by atoms with Gasteiger partial charge in [0.05, 0.1) is 0 Å². The number of nitrogens with zero attached hydrogens (tertiary/aromatic N) is 4. The van der Waals surface area contributed by atoms with Crippen molar-refractivity contribution < 1.29 is 0 Å². The Morgan fingerprint density at radius 1 is 1.37 bits per heavy atom. The van der Waals surface area contributed by atoms with Gasteiger partial charge in [0.2, 0.25) is 0 Å². The minimum Gasteiger partial charge on any atom is -0.360 e. The Morgan fingerprint density at radius 3 is 2.74 bits per heavy atom. The number of hydrogen-bond donors (Lipinski definition) is 1. The number of aromatic nitrogens is 2. The molecule has 1 aromatic rings. The molecule has 2 heterocycles. The van der Waals surface area contributed by atoms with Crippen LogP contribution in [0.5, 0.6) is 0 Å². The van der Waals surface area contributed by atoms with Gasteiger partial charge in [0.15, 0.2) is 0 Å². The van der Waals surface area contributed by atoms with Crippen molar-refractivity contribution in [3.8, 4) is 0 Å². The summed E-state index contributed by atoms with van der Waals surface area (Å²) in [5.74, 6) is 2.87. The fourth-order valence-corrected chi connectivity index (χ4v) is 2.54. The smallest absolute Gasteiger partial charge is 0.134 e. The average molecular weight is 263 g/mol. The summed E-state index contributed by atoms with van der Waals surface area (Å²) in [4.78, 5) is 13.3. The molecule has 0 radical (unpaired) electrons. The van der Waals surface area contributed by atoms with Crippen molar-refractivity contribution in [3.63, 3.8) is 0 Å². The van der Waals surface area contributed by atoms with E-state index < -0.39 is 0 Å². The molecular formula is C14H25N5. The lowest BCUT2D eigenvalue weighted by Crippen LogP contribution is -2.37. The maximum absolute atomic E-state index is 4.42. The van der Waals surface area contributed by atoms with E-state index in [4.69, 9.17) is 0 Å². The first-order valence-corrected chi connectivity index (χ1v) is 7.17. The van der Waals surface area contributed by atoms with Gasteiger partial charge in [-0.3, -0.25) is 0 Å². The molecule has 1 aliphatic heterocycles. The molecule has 0 amide bonds. The van der Waals surface area contributed by atoms with E-state index in [1.54, 1.807) is 6.33 Å². The highest BCUT2D eigenvalue weighted by molar-refractivity contribution is 5.49. The van der Waals surface area contributed by atoms with Crippen LogP contribution in [-0.4, -0.2) is 50.2 Å². The Morgan fingerprint density at radius 2 is 2.11 bits per heavy atom. The van der Waals surface area contributed by atoms with E-state index in [0.717, 1.165) is 43.7 Å². The summed E-state index contributed by atoms with van der Waals surface area (Å²) in [7, 11) is 4.09. The van der Waals surface area contributed by atoms with Gasteiger partial charge in [0.25, 0.3) is 0 Å². The van der Waals surface area contributed by atoms with Crippen LogP contribution in [-0.2, 0) is 0 Å². The second-order valence-electron chi connectivity index (χ2n) is 5.24. The number of nitrogens with one attached hydrogen (secondary N) is 1. The lowest BCUT2D eigenvalue weighted by atomic mass is 9.97. The van der Waals surface area contributed by atoms with Gasteiger partial charge in [0, 0.05) is 32.7 Å². The molecule has 0 aromatic carbocycles. The molecule has 1 fully saturated rings. The molecule has 2 rings (SSSR count). The lowest BCUT2D eigenvalue weighted by molar-refractivity contribution is 0.392. The molecule has 0 atom stereocenters. The second kappa shape index (κ2) is 6.70. The first-order chi connectivity index (χ1) is 9.24. The van der Waals surface area contributed by atoms with Crippen molar-refractivity contribution in [1.82, 2.24) is 15.3 Å². The maximum atomic E-state index is 4.42. The summed E-state index contributed by atoms with van der Waals surface area (Å²) in [5, 5.41) is 3.27. The van der Waals surface area contributed by atoms with Crippen LogP contribution in [0.2, 0.25) is 0 Å². The van der Waals surface area contributed by atoms with Crippen LogP contribution < -0.4 is 15.1 Å². The van der Waals surface area contributed by atoms with Crippen LogP contribution in [0, 0.1) is 5.92 Å². The average Bonchev–Trinajstić information content (AvgIpc) is 2.48. The molecular weight excluding hydrogens is 238 g/mol. The number of rotatable bonds is 5. The van der Waals surface area contributed by atoms with E-state index in [2.05, 4.69) is 45.1 Å². The van der Waals surface area contributed by atoms with Crippen molar-refractivity contribution in [2.45, 2.75) is 19.8 Å². The topological polar surface area (TPSA) is 44.3 Å². The summed E-state index contributed by atoms with van der Waals surface area (Å²) in [5.41, 5.74) is 0. The molecule has 5 nitrogen and oxygen atoms in total. The van der Waals surface area contributed by atoms with Gasteiger partial charge in [-0.15, -0.1) is 0 Å². The van der Waals surface area contributed by atoms with Gasteiger partial charge >= 0.3 is 0 Å². The number of piperidine rings is 1. The fourth-order valence-electron chi connectivity index (χ4n) is 2.54. The standard InChI is InChI=1S/C14H25N5/c1-4-18(3)13-9-14(17-11-16-13)19-7-5-12(6-8-19)10-15-2/h9,11-12,15H,4-8,10H2,1-3H3. The fraction of sp³-hybridized carbons (Fsp3) is 0.714. The van der Waals surface area contributed by atoms with Gasteiger partial charge in [-0.25, -0.2) is 9.97 Å². The molecule has 106 valence electrons. The summed E-state index contributed by atoms with van der Waals surface area (Å²) < 4.78 is 0. The number of hydrogen-bond acceptors (Lipinski definition) is 5. The van der Waals surface area contributed by atoms with Gasteiger partial charge in [-0.1, -0.05) is 0 Å². The van der Waals surface area contributed by atoms with E-state index in [1.807, 2.05) is 7.05 Å². The van der Waals surface area contributed by atoms with Crippen molar-refractivity contribution in [1.29, 1.82) is 0 Å². The van der Waals surface area contributed by atoms with E-state index in [0.29, 0.717) is 0 Å². The van der Waals surface area contributed by atoms with Gasteiger partial charge < -0.3 is 15.1 Å². The van der Waals surface area contributed by atoms with E-state index in [-0.39, 0.29) is 0 Å². The highest BCUT2D eigenvalue weighted by Crippen LogP contribution is 2.23. The van der Waals surface area contributed by atoms with E-state index >= 15 is 0 Å². The van der Waals surface area contributed by atoms with E-state index in [1.165, 1.54) is 12.8 Å². The van der Waals surface area contributed by atoms with Crippen LogP contribution in [0.25, 0.3) is 0 Å². The molecule has 0 aliphatic carbocycles. The predicted molar refractivity (Wildman–Crippen MR) is 79.8 cm³/mol. The molecule has 1 aliphatic rings. The summed E-state index contributed by atoms with van der Waals surface area (Å²) in [6.07, 6.45) is 4.16. The molecule has 0 unspecified atom stereocenters. The quantitative estimate of drug-likeness (QED) is 0.869. The van der Waals surface area contributed by atoms with Crippen LogP contribution in [0.3, 0.4) is 0 Å². The lowest BCUT2D eigenvalue weighted by Gasteiger charge is -2.33. The molecule has 1 N–H and O–H groups in total. The Hall–Kier alpha value is -1.36. The summed E-state index contributed by atoms with van der Waals surface area (Å²) in [6.45, 7) is 6.41. The Labute approximate surface area is 116 Å². The summed E-state index contributed by atoms with van der Waals surface area (Å²) >= 11 is 0. The molecule has 5 heteroatoms. The van der Waals surface area contributed by atoms with Crippen molar-refractivity contribution in [3.05, 3.63) is 12.4 Å². The first kappa shape index (κ1) is 14.1. The third kappa shape index (κ3) is 3.56. The zero-order valence-electron chi connectivity index (χ0n) is 12.3. The predicted octanol–water partition coefficient (Wildman–Crippen LogP) is 1.37. The first-order valence-electron chi connectivity index (χ1n) is 7.17. The second-order valence-corrected chi connectivity index (χ2v) is 5.24. The summed E-state index contributed by atoms with van der Waals surface area (Å²) in [6, 6.07) is 2.10. The Kier molecular flexibility index (Phi) is 4.96. The van der Waals surface area contributed by atoms with Crippen molar-refractivity contribution in [2.24, 2.45) is 5.92 Å². The monoisotopic (exact) mass is 263 g/mol. The number of anilines is 2. The highest BCUT2D eigenvalue weighted by atomic mass is 15.2. The molecule has 19 heavy (non-hydrogen) atoms. The largest absolute Gasteiger partial charge is 0.360 e. The van der Waals surface area contributed by atoms with Crippen LogP contribution in [0.1, 0.15) is 19.8 Å². The molecule has 1 saturated heterocycles. The van der Waals surface area contributed by atoms with Crippen molar-refractivity contribution in [2.75, 3.05) is 50.1 Å². The SMILES string of the molecule is CCN(C)c1cc(N2CCC(CNC)CC2)ncn1. The maximum Gasteiger partial charge on any atom is 0.134 e. The van der Waals surface area contributed by atoms with Gasteiger partial charge in [0.1, 0.15) is 18.0 Å². The third-order valence-electron chi connectivity index (χ3n) is 3.93. The normalized spacial score (nSPS) is 16.7. The molecule has 1 aromatic heterocycles. The highest BCUT2D eigenvalue weighted by Gasteiger charge is 2.20. The van der Waals surface area contributed by atoms with Crippen molar-refractivity contribution >= 4 is 11.6 Å². The zero-order chi connectivity index (χ0) is 13.7. The minimum atomic E-state index is 0.806. The zero-order valence-corrected chi connectivity index (χ0v) is 12.3. The van der Waals surface area contributed by atoms with Gasteiger partial charge in [-0.2, -0.15) is 0 Å². The van der Waals surface area contributed by atoms with Gasteiger partial charge in [-0.05, 0) is 39.3 Å². The van der Waals surface area contributed by atoms with E-state index in [9.17, 15) is 0 Å². The molecule has 0 saturated carbocycles. The third-order valence-corrected chi connectivity index (χ3v) is 3.93. The van der Waals surface area contributed by atoms with Crippen LogP contribution in [0.4, 0.5) is 11.6 Å². The Bertz CT molecular complexity index is 387.